The smallest absolute Gasteiger partial charge is 0.254 e. The molecular formula is C27H25BrClFN4O4S. The molecule has 2 aliphatic heterocycles. The Morgan fingerprint density at radius 2 is 1.69 bits per heavy atom. The zero-order valence-electron chi connectivity index (χ0n) is 20.7. The van der Waals surface area contributed by atoms with Gasteiger partial charge in [0.15, 0.2) is 0 Å². The molecule has 0 aliphatic carbocycles. The Balaban J connectivity index is 1.38. The maximum Gasteiger partial charge on any atom is 0.254 e. The molecular weight excluding hydrogens is 611 g/mol. The Kier molecular flexibility index (Phi) is 7.95. The summed E-state index contributed by atoms with van der Waals surface area (Å²) in [5.74, 6) is -1.12. The van der Waals surface area contributed by atoms with E-state index in [-0.39, 0.29) is 53.4 Å². The van der Waals surface area contributed by atoms with Crippen LogP contribution in [0.1, 0.15) is 22.0 Å². The molecule has 3 aromatic rings. The predicted molar refractivity (Wildman–Crippen MR) is 150 cm³/mol. The van der Waals surface area contributed by atoms with Gasteiger partial charge in [-0.25, -0.2) is 12.8 Å². The van der Waals surface area contributed by atoms with Gasteiger partial charge in [-0.05, 0) is 60.2 Å². The molecule has 5 rings (SSSR count). The molecule has 0 aromatic heterocycles. The molecule has 2 saturated heterocycles. The van der Waals surface area contributed by atoms with E-state index in [2.05, 4.69) is 21.2 Å². The first-order chi connectivity index (χ1) is 18.6. The first-order valence-electron chi connectivity index (χ1n) is 12.3. The number of hydrogen-bond acceptors (Lipinski definition) is 5. The molecule has 2 aliphatic rings. The number of rotatable bonds is 5. The van der Waals surface area contributed by atoms with Crippen LogP contribution < -0.4 is 10.2 Å². The van der Waals surface area contributed by atoms with Crippen LogP contribution in [0.2, 0.25) is 5.02 Å². The van der Waals surface area contributed by atoms with E-state index >= 15 is 0 Å². The minimum atomic E-state index is -4.02. The molecule has 8 nitrogen and oxygen atoms in total. The number of anilines is 1. The fraction of sp³-hybridized carbons (Fsp3) is 0.259. The Hall–Kier alpha value is -2.99. The third-order valence-corrected chi connectivity index (χ3v) is 9.74. The second-order valence-electron chi connectivity index (χ2n) is 9.26. The van der Waals surface area contributed by atoms with Crippen molar-refractivity contribution < 1.29 is 22.4 Å². The zero-order chi connectivity index (χ0) is 27.7. The van der Waals surface area contributed by atoms with Crippen molar-refractivity contribution in [3.05, 3.63) is 93.2 Å². The van der Waals surface area contributed by atoms with Gasteiger partial charge in [0, 0.05) is 55.0 Å². The molecule has 0 saturated carbocycles. The zero-order valence-corrected chi connectivity index (χ0v) is 23.8. The molecule has 2 heterocycles. The number of carbonyl (C=O) groups excluding carboxylic acids is 2. The van der Waals surface area contributed by atoms with E-state index in [0.717, 1.165) is 10.2 Å². The van der Waals surface area contributed by atoms with Crippen LogP contribution in [-0.2, 0) is 14.8 Å². The van der Waals surface area contributed by atoms with Crippen molar-refractivity contribution in [1.82, 2.24) is 14.5 Å². The Bertz CT molecular complexity index is 1510. The number of hydrogen-bond donors (Lipinski definition) is 1. The fourth-order valence-corrected chi connectivity index (χ4v) is 7.21. The van der Waals surface area contributed by atoms with Crippen LogP contribution in [0.5, 0.6) is 0 Å². The molecule has 204 valence electrons. The third-order valence-electron chi connectivity index (χ3n) is 6.86. The molecule has 1 unspecified atom stereocenters. The maximum atomic E-state index is 13.7. The van der Waals surface area contributed by atoms with Crippen molar-refractivity contribution in [2.45, 2.75) is 10.9 Å². The molecule has 12 heteroatoms. The summed E-state index contributed by atoms with van der Waals surface area (Å²) in [4.78, 5) is 29.7. The molecule has 1 N–H and O–H groups in total. The van der Waals surface area contributed by atoms with Gasteiger partial charge < -0.3 is 15.1 Å². The number of amides is 2. The number of piperazine rings is 2. The lowest BCUT2D eigenvalue weighted by molar-refractivity contribution is -0.128. The largest absolute Gasteiger partial charge is 0.369 e. The molecule has 2 amide bonds. The highest BCUT2D eigenvalue weighted by Crippen LogP contribution is 2.31. The Morgan fingerprint density at radius 1 is 0.974 bits per heavy atom. The summed E-state index contributed by atoms with van der Waals surface area (Å²) in [7, 11) is -4.02. The number of halogens is 3. The number of carbonyl (C=O) groups is 2. The number of nitrogens with one attached hydrogen (secondary N) is 1. The van der Waals surface area contributed by atoms with Crippen LogP contribution in [0, 0.1) is 5.82 Å². The first kappa shape index (κ1) is 27.6. The van der Waals surface area contributed by atoms with Crippen molar-refractivity contribution in [1.29, 1.82) is 0 Å². The van der Waals surface area contributed by atoms with Gasteiger partial charge in [-0.15, -0.1) is 0 Å². The van der Waals surface area contributed by atoms with Crippen molar-refractivity contribution in [3.8, 4) is 0 Å². The lowest BCUT2D eigenvalue weighted by atomic mass is 10.0. The van der Waals surface area contributed by atoms with E-state index in [0.29, 0.717) is 18.7 Å². The average molecular weight is 636 g/mol. The summed E-state index contributed by atoms with van der Waals surface area (Å²) >= 11 is 9.76. The monoisotopic (exact) mass is 634 g/mol. The highest BCUT2D eigenvalue weighted by Gasteiger charge is 2.36. The molecule has 1 atom stereocenters. The highest BCUT2D eigenvalue weighted by molar-refractivity contribution is 9.10. The molecule has 2 fully saturated rings. The summed E-state index contributed by atoms with van der Waals surface area (Å²) in [5.41, 5.74) is 1.57. The van der Waals surface area contributed by atoms with Crippen LogP contribution in [0.15, 0.2) is 76.1 Å². The standard InChI is InChI=1S/C27H25BrClFN4O4S/c28-20-3-1-2-18(16-20)25-26(35)31-10-11-34(25)27(36)19-4-9-23(29)24(17-19)39(37,38)33-14-12-32(13-15-33)22-7-5-21(30)6-8-22/h1-9,16-17,25H,10-15H2,(H,31,35). The van der Waals surface area contributed by atoms with Crippen molar-refractivity contribution >= 4 is 55.1 Å². The Labute approximate surface area is 239 Å². The van der Waals surface area contributed by atoms with E-state index < -0.39 is 22.0 Å². The van der Waals surface area contributed by atoms with Crippen LogP contribution in [0.25, 0.3) is 0 Å². The average Bonchev–Trinajstić information content (AvgIpc) is 2.93. The summed E-state index contributed by atoms with van der Waals surface area (Å²) in [6.45, 7) is 1.78. The van der Waals surface area contributed by atoms with Gasteiger partial charge in [0.25, 0.3) is 5.91 Å². The van der Waals surface area contributed by atoms with Gasteiger partial charge in [-0.3, -0.25) is 9.59 Å². The molecule has 0 spiro atoms. The highest BCUT2D eigenvalue weighted by atomic mass is 79.9. The summed E-state index contributed by atoms with van der Waals surface area (Å²) < 4.78 is 42.6. The molecule has 3 aromatic carbocycles. The minimum Gasteiger partial charge on any atom is -0.369 e. The van der Waals surface area contributed by atoms with E-state index in [1.165, 1.54) is 39.5 Å². The normalized spacial score (nSPS) is 18.6. The van der Waals surface area contributed by atoms with Crippen LogP contribution in [0.3, 0.4) is 0 Å². The number of benzene rings is 3. The molecule has 0 radical (unpaired) electrons. The van der Waals surface area contributed by atoms with Gasteiger partial charge >= 0.3 is 0 Å². The van der Waals surface area contributed by atoms with E-state index in [4.69, 9.17) is 11.6 Å². The van der Waals surface area contributed by atoms with Crippen molar-refractivity contribution in [2.24, 2.45) is 0 Å². The first-order valence-corrected chi connectivity index (χ1v) is 14.9. The van der Waals surface area contributed by atoms with E-state index in [1.54, 1.807) is 30.3 Å². The molecule has 0 bridgehead atoms. The van der Waals surface area contributed by atoms with E-state index in [1.807, 2.05) is 11.0 Å². The topological polar surface area (TPSA) is 90.0 Å². The quantitative estimate of drug-likeness (QED) is 0.457. The van der Waals surface area contributed by atoms with Crippen LogP contribution >= 0.6 is 27.5 Å². The van der Waals surface area contributed by atoms with Gasteiger partial charge in [-0.2, -0.15) is 4.31 Å². The maximum absolute atomic E-state index is 13.7. The van der Waals surface area contributed by atoms with Gasteiger partial charge in [0.1, 0.15) is 16.8 Å². The summed E-state index contributed by atoms with van der Waals surface area (Å²) in [6, 6.07) is 16.5. The lowest BCUT2D eigenvalue weighted by Crippen LogP contribution is -2.52. The van der Waals surface area contributed by atoms with Gasteiger partial charge in [0.2, 0.25) is 15.9 Å². The fourth-order valence-electron chi connectivity index (χ4n) is 4.87. The summed E-state index contributed by atoms with van der Waals surface area (Å²) in [6.07, 6.45) is 0. The van der Waals surface area contributed by atoms with Crippen molar-refractivity contribution in [3.63, 3.8) is 0 Å². The van der Waals surface area contributed by atoms with Gasteiger partial charge in [0.05, 0.1) is 5.02 Å². The predicted octanol–water partition coefficient (Wildman–Crippen LogP) is 4.07. The second-order valence-corrected chi connectivity index (χ2v) is 12.5. The van der Waals surface area contributed by atoms with Crippen LogP contribution in [-0.4, -0.2) is 68.7 Å². The second kappa shape index (κ2) is 11.2. The minimum absolute atomic E-state index is 0.00689. The number of sulfonamides is 1. The third kappa shape index (κ3) is 5.67. The van der Waals surface area contributed by atoms with Crippen molar-refractivity contribution in [2.75, 3.05) is 44.2 Å². The van der Waals surface area contributed by atoms with Crippen LogP contribution in [0.4, 0.5) is 10.1 Å². The number of nitrogens with zero attached hydrogens (tertiary/aromatic N) is 3. The lowest BCUT2D eigenvalue weighted by Gasteiger charge is -2.36. The Morgan fingerprint density at radius 3 is 2.38 bits per heavy atom. The van der Waals surface area contributed by atoms with E-state index in [9.17, 15) is 22.4 Å². The summed E-state index contributed by atoms with van der Waals surface area (Å²) in [5, 5.41) is 2.80. The van der Waals surface area contributed by atoms with Gasteiger partial charge in [-0.1, -0.05) is 39.7 Å². The molecule has 39 heavy (non-hydrogen) atoms. The SMILES string of the molecule is O=C1NCCN(C(=O)c2ccc(Cl)c(S(=O)(=O)N3CCN(c4ccc(F)cc4)CC3)c2)C1c1cccc(Br)c1.